The SMILES string of the molecule is COC(=O)c1ccc(/C=C(/CCOc2cccc3ccccc23)CNc2cccc(OC)c2)cc1. The minimum atomic E-state index is -0.344. The molecule has 0 bridgehead atoms. The maximum atomic E-state index is 11.8. The fourth-order valence-electron chi connectivity index (χ4n) is 3.84. The second-order valence-electron chi connectivity index (χ2n) is 8.08. The van der Waals surface area contributed by atoms with Gasteiger partial charge in [-0.15, -0.1) is 0 Å². The summed E-state index contributed by atoms with van der Waals surface area (Å²) in [4.78, 5) is 11.8. The molecule has 0 saturated heterocycles. The van der Waals surface area contributed by atoms with Crippen LogP contribution in [0.5, 0.6) is 11.5 Å². The lowest BCUT2D eigenvalue weighted by atomic mass is 10.1. The number of benzene rings is 4. The van der Waals surface area contributed by atoms with E-state index in [-0.39, 0.29) is 5.97 Å². The topological polar surface area (TPSA) is 56.8 Å². The number of carbonyl (C=O) groups is 1. The van der Waals surface area contributed by atoms with Crippen LogP contribution in [0.1, 0.15) is 22.3 Å². The Morgan fingerprint density at radius 1 is 0.886 bits per heavy atom. The molecule has 1 N–H and O–H groups in total. The number of fused-ring (bicyclic) bond motifs is 1. The number of hydrogen-bond donors (Lipinski definition) is 1. The van der Waals surface area contributed by atoms with E-state index in [2.05, 4.69) is 29.6 Å². The van der Waals surface area contributed by atoms with Crippen molar-refractivity contribution in [1.82, 2.24) is 0 Å². The Kier molecular flexibility index (Phi) is 8.02. The van der Waals surface area contributed by atoms with Gasteiger partial charge in [-0.3, -0.25) is 0 Å². The van der Waals surface area contributed by atoms with Crippen molar-refractivity contribution < 1.29 is 19.0 Å². The zero-order valence-corrected chi connectivity index (χ0v) is 20.0. The average molecular weight is 468 g/mol. The summed E-state index contributed by atoms with van der Waals surface area (Å²) in [6, 6.07) is 29.6. The van der Waals surface area contributed by atoms with Crippen LogP contribution in [0.3, 0.4) is 0 Å². The van der Waals surface area contributed by atoms with Gasteiger partial charge in [-0.2, -0.15) is 0 Å². The molecule has 4 aromatic carbocycles. The van der Waals surface area contributed by atoms with Crippen LogP contribution in [0, 0.1) is 0 Å². The standard InChI is InChI=1S/C30H29NO4/c1-33-27-10-6-9-26(20-27)31-21-23(19-22-13-15-25(16-14-22)30(32)34-2)17-18-35-29-12-5-8-24-7-3-4-11-28(24)29/h3-16,19-20,31H,17-18,21H2,1-2H3/b23-19-. The Morgan fingerprint density at radius 3 is 2.46 bits per heavy atom. The van der Waals surface area contributed by atoms with Gasteiger partial charge in [0.1, 0.15) is 11.5 Å². The summed E-state index contributed by atoms with van der Waals surface area (Å²) >= 11 is 0. The third kappa shape index (κ3) is 6.42. The number of anilines is 1. The smallest absolute Gasteiger partial charge is 0.337 e. The number of rotatable bonds is 10. The third-order valence-electron chi connectivity index (χ3n) is 5.72. The lowest BCUT2D eigenvalue weighted by Gasteiger charge is -2.14. The maximum absolute atomic E-state index is 11.8. The predicted octanol–water partition coefficient (Wildman–Crippen LogP) is 6.60. The maximum Gasteiger partial charge on any atom is 0.337 e. The van der Waals surface area contributed by atoms with E-state index < -0.39 is 0 Å². The van der Waals surface area contributed by atoms with Crippen LogP contribution in [-0.4, -0.2) is 33.3 Å². The molecule has 0 atom stereocenters. The Labute approximate surface area is 206 Å². The van der Waals surface area contributed by atoms with Crippen LogP contribution in [0.2, 0.25) is 0 Å². The lowest BCUT2D eigenvalue weighted by molar-refractivity contribution is 0.0600. The highest BCUT2D eigenvalue weighted by Crippen LogP contribution is 2.26. The Bertz CT molecular complexity index is 1310. The van der Waals surface area contributed by atoms with E-state index in [4.69, 9.17) is 14.2 Å². The van der Waals surface area contributed by atoms with Crippen LogP contribution in [-0.2, 0) is 4.74 Å². The van der Waals surface area contributed by atoms with E-state index in [1.807, 2.05) is 60.7 Å². The highest BCUT2D eigenvalue weighted by atomic mass is 16.5. The van der Waals surface area contributed by atoms with Crippen molar-refractivity contribution in [1.29, 1.82) is 0 Å². The molecule has 35 heavy (non-hydrogen) atoms. The zero-order valence-electron chi connectivity index (χ0n) is 20.0. The first-order valence-corrected chi connectivity index (χ1v) is 11.5. The molecular formula is C30H29NO4. The molecule has 0 aliphatic heterocycles. The number of carbonyl (C=O) groups excluding carboxylic acids is 1. The van der Waals surface area contributed by atoms with E-state index >= 15 is 0 Å². The van der Waals surface area contributed by atoms with E-state index in [9.17, 15) is 4.79 Å². The molecule has 0 aliphatic rings. The minimum absolute atomic E-state index is 0.344. The van der Waals surface area contributed by atoms with Crippen molar-refractivity contribution in [3.63, 3.8) is 0 Å². The fraction of sp³-hybridized carbons (Fsp3) is 0.167. The molecular weight excluding hydrogens is 438 g/mol. The van der Waals surface area contributed by atoms with Gasteiger partial charge in [0.25, 0.3) is 0 Å². The molecule has 178 valence electrons. The molecule has 0 radical (unpaired) electrons. The molecule has 4 aromatic rings. The van der Waals surface area contributed by atoms with Gasteiger partial charge in [0.15, 0.2) is 0 Å². The molecule has 5 nitrogen and oxygen atoms in total. The van der Waals surface area contributed by atoms with Gasteiger partial charge in [-0.05, 0) is 46.9 Å². The molecule has 0 aromatic heterocycles. The number of hydrogen-bond acceptors (Lipinski definition) is 5. The van der Waals surface area contributed by atoms with Crippen molar-refractivity contribution in [2.45, 2.75) is 6.42 Å². The van der Waals surface area contributed by atoms with Gasteiger partial charge < -0.3 is 19.5 Å². The predicted molar refractivity (Wildman–Crippen MR) is 141 cm³/mol. The van der Waals surface area contributed by atoms with Crippen LogP contribution >= 0.6 is 0 Å². The van der Waals surface area contributed by atoms with Crippen molar-refractivity contribution in [2.24, 2.45) is 0 Å². The summed E-state index contributed by atoms with van der Waals surface area (Å²) in [5, 5.41) is 5.74. The molecule has 5 heteroatoms. The number of methoxy groups -OCH3 is 2. The van der Waals surface area contributed by atoms with Gasteiger partial charge in [0, 0.05) is 30.1 Å². The zero-order chi connectivity index (χ0) is 24.5. The Morgan fingerprint density at radius 2 is 1.66 bits per heavy atom. The number of ether oxygens (including phenoxy) is 3. The summed E-state index contributed by atoms with van der Waals surface area (Å²) in [7, 11) is 3.04. The molecule has 0 fully saturated rings. The van der Waals surface area contributed by atoms with Gasteiger partial charge >= 0.3 is 5.97 Å². The first-order valence-electron chi connectivity index (χ1n) is 11.5. The number of nitrogens with one attached hydrogen (secondary N) is 1. The number of esters is 1. The van der Waals surface area contributed by atoms with E-state index in [0.717, 1.165) is 39.9 Å². The molecule has 0 spiro atoms. The second kappa shape index (κ2) is 11.7. The van der Waals surface area contributed by atoms with Crippen LogP contribution in [0.25, 0.3) is 16.8 Å². The first-order chi connectivity index (χ1) is 17.2. The molecule has 0 amide bonds. The van der Waals surface area contributed by atoms with Gasteiger partial charge in [-0.25, -0.2) is 4.79 Å². The van der Waals surface area contributed by atoms with Gasteiger partial charge in [-0.1, -0.05) is 60.7 Å². The molecule has 4 rings (SSSR count). The van der Waals surface area contributed by atoms with E-state index in [0.29, 0.717) is 18.7 Å². The molecule has 0 unspecified atom stereocenters. The summed E-state index contributed by atoms with van der Waals surface area (Å²) in [6.07, 6.45) is 2.86. The van der Waals surface area contributed by atoms with Crippen molar-refractivity contribution in [2.75, 3.05) is 32.7 Å². The van der Waals surface area contributed by atoms with Gasteiger partial charge in [0.2, 0.25) is 0 Å². The highest BCUT2D eigenvalue weighted by Gasteiger charge is 2.07. The van der Waals surface area contributed by atoms with Crippen LogP contribution in [0.4, 0.5) is 5.69 Å². The highest BCUT2D eigenvalue weighted by molar-refractivity contribution is 5.89. The summed E-state index contributed by atoms with van der Waals surface area (Å²) in [5.74, 6) is 1.34. The normalized spacial score (nSPS) is 11.2. The largest absolute Gasteiger partial charge is 0.497 e. The molecule has 0 aliphatic carbocycles. The van der Waals surface area contributed by atoms with E-state index in [1.54, 1.807) is 19.2 Å². The summed E-state index contributed by atoms with van der Waals surface area (Å²) in [6.45, 7) is 1.19. The van der Waals surface area contributed by atoms with Crippen LogP contribution < -0.4 is 14.8 Å². The monoisotopic (exact) mass is 467 g/mol. The van der Waals surface area contributed by atoms with E-state index in [1.165, 1.54) is 12.7 Å². The molecule has 0 saturated carbocycles. The summed E-state index contributed by atoms with van der Waals surface area (Å²) in [5.41, 5.74) is 3.68. The Balaban J connectivity index is 1.49. The van der Waals surface area contributed by atoms with Crippen molar-refractivity contribution >= 4 is 28.5 Å². The lowest BCUT2D eigenvalue weighted by Crippen LogP contribution is -2.09. The second-order valence-corrected chi connectivity index (χ2v) is 8.08. The van der Waals surface area contributed by atoms with Crippen molar-refractivity contribution in [3.05, 3.63) is 108 Å². The summed E-state index contributed by atoms with van der Waals surface area (Å²) < 4.78 is 16.3. The molecule has 0 heterocycles. The quantitative estimate of drug-likeness (QED) is 0.266. The first kappa shape index (κ1) is 23.9. The third-order valence-corrected chi connectivity index (χ3v) is 5.72. The minimum Gasteiger partial charge on any atom is -0.497 e. The van der Waals surface area contributed by atoms with Crippen molar-refractivity contribution in [3.8, 4) is 11.5 Å². The van der Waals surface area contributed by atoms with Crippen LogP contribution in [0.15, 0.2) is 96.6 Å². The Hall–Kier alpha value is -4.25. The average Bonchev–Trinajstić information content (AvgIpc) is 2.91. The van der Waals surface area contributed by atoms with Gasteiger partial charge in [0.05, 0.1) is 26.4 Å². The fourth-order valence-corrected chi connectivity index (χ4v) is 3.84.